The van der Waals surface area contributed by atoms with Crippen molar-refractivity contribution in [1.29, 1.82) is 0 Å². The molecule has 0 bridgehead atoms. The van der Waals surface area contributed by atoms with E-state index in [9.17, 15) is 55.5 Å². The minimum absolute atomic E-state index is 0.654. The lowest BCUT2D eigenvalue weighted by Gasteiger charge is -2.49. The number of aliphatic hydroxyl groups excluding tert-OH is 9. The first-order valence-corrected chi connectivity index (χ1v) is 12.6. The Morgan fingerprint density at radius 2 is 1.07 bits per heavy atom. The number of hydrogen-bond acceptors (Lipinski definition) is 16. The number of carbonyl (C=O) groups excluding carboxylic acids is 2. The summed E-state index contributed by atoms with van der Waals surface area (Å²) >= 11 is 0. The third-order valence-corrected chi connectivity index (χ3v) is 6.90. The molecule has 3 aliphatic rings. The molecule has 0 saturated carbocycles. The van der Waals surface area contributed by atoms with Crippen LogP contribution in [0.25, 0.3) is 0 Å². The third-order valence-electron chi connectivity index (χ3n) is 6.90. The topological polar surface area (TPSA) is 286 Å². The fraction of sp³-hybridized carbons (Fsp3) is 0.909. The van der Waals surface area contributed by atoms with Gasteiger partial charge in [0.1, 0.15) is 73.1 Å². The molecule has 18 nitrogen and oxygen atoms in total. The highest BCUT2D eigenvalue weighted by Crippen LogP contribution is 2.32. The maximum absolute atomic E-state index is 12.1. The molecule has 3 rings (SSSR count). The highest BCUT2D eigenvalue weighted by molar-refractivity contribution is 5.73. The van der Waals surface area contributed by atoms with Crippen molar-refractivity contribution in [3.8, 4) is 0 Å². The van der Waals surface area contributed by atoms with Crippen molar-refractivity contribution >= 4 is 11.8 Å². The first-order valence-electron chi connectivity index (χ1n) is 12.6. The molecular formula is C22H38N2O16. The largest absolute Gasteiger partial charge is 0.394 e. The van der Waals surface area contributed by atoms with Crippen LogP contribution < -0.4 is 10.6 Å². The zero-order valence-electron chi connectivity index (χ0n) is 21.7. The number of nitrogens with one attached hydrogen (secondary N) is 2. The Bertz CT molecular complexity index is 852. The van der Waals surface area contributed by atoms with Crippen molar-refractivity contribution in [3.63, 3.8) is 0 Å². The molecule has 0 aromatic carbocycles. The van der Waals surface area contributed by atoms with Crippen LogP contribution in [0.4, 0.5) is 0 Å². The van der Waals surface area contributed by atoms with Gasteiger partial charge in [0.25, 0.3) is 0 Å². The first-order chi connectivity index (χ1) is 18.8. The number of ether oxygens (including phenoxy) is 5. The van der Waals surface area contributed by atoms with Crippen molar-refractivity contribution in [2.24, 2.45) is 0 Å². The van der Waals surface area contributed by atoms with Crippen molar-refractivity contribution in [3.05, 3.63) is 0 Å². The molecule has 2 amide bonds. The van der Waals surface area contributed by atoms with Gasteiger partial charge in [0.2, 0.25) is 11.8 Å². The molecule has 11 N–H and O–H groups in total. The van der Waals surface area contributed by atoms with E-state index in [2.05, 4.69) is 10.6 Å². The highest BCUT2D eigenvalue weighted by Gasteiger charge is 2.54. The summed E-state index contributed by atoms with van der Waals surface area (Å²) in [6.07, 6.45) is -21.3. The van der Waals surface area contributed by atoms with E-state index in [-0.39, 0.29) is 0 Å². The van der Waals surface area contributed by atoms with E-state index in [1.54, 1.807) is 0 Å². The van der Waals surface area contributed by atoms with E-state index in [0.717, 1.165) is 13.8 Å². The molecule has 0 radical (unpaired) electrons. The Balaban J connectivity index is 1.95. The Labute approximate surface area is 228 Å². The summed E-state index contributed by atoms with van der Waals surface area (Å²) in [7, 11) is 0. The van der Waals surface area contributed by atoms with E-state index >= 15 is 0 Å². The Morgan fingerprint density at radius 1 is 0.600 bits per heavy atom. The second-order valence-electron chi connectivity index (χ2n) is 9.81. The number of amides is 2. The molecule has 3 aliphatic heterocycles. The van der Waals surface area contributed by atoms with Gasteiger partial charge in [0, 0.05) is 13.8 Å². The normalized spacial score (nSPS) is 46.0. The Kier molecular flexibility index (Phi) is 11.5. The van der Waals surface area contributed by atoms with Crippen molar-refractivity contribution in [2.75, 3.05) is 19.8 Å². The quantitative estimate of drug-likeness (QED) is 0.120. The maximum atomic E-state index is 12.1. The molecule has 0 spiro atoms. The third kappa shape index (κ3) is 7.05. The van der Waals surface area contributed by atoms with Crippen LogP contribution in [0.3, 0.4) is 0 Å². The predicted octanol–water partition coefficient (Wildman–Crippen LogP) is -7.29. The number of carbonyl (C=O) groups is 2. The van der Waals surface area contributed by atoms with E-state index in [1.807, 2.05) is 0 Å². The number of hydrogen-bond donors (Lipinski definition) is 11. The summed E-state index contributed by atoms with van der Waals surface area (Å²) in [6.45, 7) is -0.149. The van der Waals surface area contributed by atoms with Gasteiger partial charge >= 0.3 is 0 Å². The van der Waals surface area contributed by atoms with Crippen LogP contribution in [0.2, 0.25) is 0 Å². The molecule has 3 saturated heterocycles. The van der Waals surface area contributed by atoms with E-state index in [0.29, 0.717) is 0 Å². The summed E-state index contributed by atoms with van der Waals surface area (Å²) < 4.78 is 27.9. The van der Waals surface area contributed by atoms with E-state index in [4.69, 9.17) is 23.7 Å². The summed E-state index contributed by atoms with van der Waals surface area (Å²) in [5, 5.41) is 96.2. The molecule has 3 heterocycles. The van der Waals surface area contributed by atoms with Gasteiger partial charge in [-0.25, -0.2) is 0 Å². The van der Waals surface area contributed by atoms with Crippen LogP contribution in [-0.4, -0.2) is 170 Å². The first kappa shape index (κ1) is 32.9. The van der Waals surface area contributed by atoms with Crippen LogP contribution in [0.15, 0.2) is 0 Å². The zero-order chi connectivity index (χ0) is 29.9. The van der Waals surface area contributed by atoms with E-state index in [1.165, 1.54) is 0 Å². The average molecular weight is 587 g/mol. The Morgan fingerprint density at radius 3 is 1.60 bits per heavy atom. The van der Waals surface area contributed by atoms with Crippen molar-refractivity contribution in [1.82, 2.24) is 10.6 Å². The molecule has 18 heteroatoms. The van der Waals surface area contributed by atoms with Gasteiger partial charge in [-0.1, -0.05) is 0 Å². The minimum Gasteiger partial charge on any atom is -0.394 e. The average Bonchev–Trinajstić information content (AvgIpc) is 2.90. The zero-order valence-corrected chi connectivity index (χ0v) is 21.7. The van der Waals surface area contributed by atoms with Gasteiger partial charge < -0.3 is 80.3 Å². The van der Waals surface area contributed by atoms with Crippen LogP contribution in [-0.2, 0) is 33.3 Å². The highest BCUT2D eigenvalue weighted by atomic mass is 16.7. The van der Waals surface area contributed by atoms with Crippen molar-refractivity contribution in [2.45, 2.75) is 106 Å². The van der Waals surface area contributed by atoms with Crippen LogP contribution >= 0.6 is 0 Å². The van der Waals surface area contributed by atoms with Gasteiger partial charge in [-0.3, -0.25) is 9.59 Å². The van der Waals surface area contributed by atoms with Crippen LogP contribution in [0, 0.1) is 0 Å². The van der Waals surface area contributed by atoms with Crippen molar-refractivity contribution < 1.29 is 79.2 Å². The molecule has 3 fully saturated rings. The lowest BCUT2D eigenvalue weighted by atomic mass is 9.94. The monoisotopic (exact) mass is 586 g/mol. The maximum Gasteiger partial charge on any atom is 0.217 e. The van der Waals surface area contributed by atoms with Gasteiger partial charge in [0.15, 0.2) is 18.9 Å². The molecule has 232 valence electrons. The fourth-order valence-electron chi connectivity index (χ4n) is 4.87. The minimum atomic E-state index is -1.86. The number of rotatable bonds is 9. The van der Waals surface area contributed by atoms with Gasteiger partial charge in [-0.15, -0.1) is 0 Å². The predicted molar refractivity (Wildman–Crippen MR) is 124 cm³/mol. The molecular weight excluding hydrogens is 548 g/mol. The lowest BCUT2D eigenvalue weighted by molar-refractivity contribution is -0.356. The second-order valence-corrected chi connectivity index (χ2v) is 9.81. The smallest absolute Gasteiger partial charge is 0.217 e. The summed E-state index contributed by atoms with van der Waals surface area (Å²) in [4.78, 5) is 23.9. The molecule has 0 aliphatic carbocycles. The molecule has 15 atom stereocenters. The summed E-state index contributed by atoms with van der Waals surface area (Å²) in [6, 6.07) is -2.90. The van der Waals surface area contributed by atoms with Gasteiger partial charge in [-0.2, -0.15) is 0 Å². The summed E-state index contributed by atoms with van der Waals surface area (Å²) in [5.74, 6) is -1.34. The molecule has 0 unspecified atom stereocenters. The Hall–Kier alpha value is -1.62. The lowest BCUT2D eigenvalue weighted by Crippen LogP contribution is -2.70. The molecule has 0 aromatic rings. The fourth-order valence-corrected chi connectivity index (χ4v) is 4.87. The SMILES string of the molecule is CC(=O)N[C@H]1[C@H](O[C@H]2[C@@H](O)[C@@H](CO)O[C@@H](O[C@H]3[C@H](O)[C@@H](O)[C@H](O)O[C@@H]3CO)[C@@H]2NC(C)=O)O[C@H](CO)[C@@H](O)[C@@H]1O. The van der Waals surface area contributed by atoms with Crippen LogP contribution in [0.5, 0.6) is 0 Å². The summed E-state index contributed by atoms with van der Waals surface area (Å²) in [5.41, 5.74) is 0. The molecule has 40 heavy (non-hydrogen) atoms. The second kappa shape index (κ2) is 14.0. The standard InChI is InChI=1S/C22H38N2O16/c1-6(28)23-11-15(32)13(30)8(3-25)37-21(11)40-19-12(24-7(2)29)22(38-9(4-26)14(19)31)39-18-10(5-27)36-20(35)17(34)16(18)33/h8-22,25-27,30-35H,3-5H2,1-2H3,(H,23,28)(H,24,29)/t8-,9-,10-,11-,12-,13-,14+,15-,16-,17-,18-,19-,20-,21+,22+/m1/s1. The molecule has 0 aromatic heterocycles. The number of aliphatic hydroxyl groups is 9. The van der Waals surface area contributed by atoms with Crippen LogP contribution in [0.1, 0.15) is 13.8 Å². The van der Waals surface area contributed by atoms with Gasteiger partial charge in [0.05, 0.1) is 19.8 Å². The van der Waals surface area contributed by atoms with Gasteiger partial charge in [-0.05, 0) is 0 Å². The van der Waals surface area contributed by atoms with E-state index < -0.39 is 124 Å².